The quantitative estimate of drug-likeness (QED) is 0.296. The van der Waals surface area contributed by atoms with Crippen LogP contribution in [-0.2, 0) is 18.8 Å². The van der Waals surface area contributed by atoms with Gasteiger partial charge in [0.05, 0.1) is 6.10 Å². The van der Waals surface area contributed by atoms with Crippen LogP contribution in [0.3, 0.4) is 0 Å². The molecule has 0 saturated carbocycles. The van der Waals surface area contributed by atoms with Gasteiger partial charge in [0, 0.05) is 6.92 Å². The van der Waals surface area contributed by atoms with E-state index in [9.17, 15) is 9.59 Å². The Morgan fingerprint density at radius 1 is 1.08 bits per heavy atom. The highest BCUT2D eigenvalue weighted by Crippen LogP contribution is 2.34. The summed E-state index contributed by atoms with van der Waals surface area (Å²) in [5.74, 6) is -0.808. The molecular formula is C19H37NO4Si. The van der Waals surface area contributed by atoms with E-state index >= 15 is 0 Å². The van der Waals surface area contributed by atoms with Gasteiger partial charge in [0.1, 0.15) is 5.92 Å². The molecule has 1 N–H and O–H groups in total. The highest BCUT2D eigenvalue weighted by atomic mass is 28.4. The smallest absolute Gasteiger partial charge is 0.304 e. The zero-order valence-corrected chi connectivity index (χ0v) is 17.7. The Hall–Kier alpha value is -0.883. The molecule has 5 nitrogen and oxygen atoms in total. The lowest BCUT2D eigenvalue weighted by molar-refractivity contribution is -0.173. The Balaban J connectivity index is 2.84. The van der Waals surface area contributed by atoms with Crippen LogP contribution < -0.4 is 5.32 Å². The van der Waals surface area contributed by atoms with E-state index in [-0.39, 0.29) is 23.9 Å². The lowest BCUT2D eigenvalue weighted by atomic mass is 9.93. The van der Waals surface area contributed by atoms with Gasteiger partial charge in [-0.3, -0.25) is 9.59 Å². The van der Waals surface area contributed by atoms with Gasteiger partial charge in [-0.05, 0) is 25.1 Å². The minimum absolute atomic E-state index is 0.0666. The van der Waals surface area contributed by atoms with Crippen LogP contribution in [0.1, 0.15) is 73.1 Å². The average Bonchev–Trinajstić information content (AvgIpc) is 2.54. The molecule has 1 aliphatic heterocycles. The lowest BCUT2D eigenvalue weighted by Gasteiger charge is -2.43. The highest BCUT2D eigenvalue weighted by molar-refractivity contribution is 6.73. The highest BCUT2D eigenvalue weighted by Gasteiger charge is 2.48. The van der Waals surface area contributed by atoms with Gasteiger partial charge in [-0.2, -0.15) is 0 Å². The Labute approximate surface area is 154 Å². The number of β-lactam (4-membered cyclic amide) rings is 1. The van der Waals surface area contributed by atoms with E-state index in [1.807, 2.05) is 6.92 Å². The van der Waals surface area contributed by atoms with Crippen LogP contribution in [-0.4, -0.2) is 32.5 Å². The van der Waals surface area contributed by atoms with Gasteiger partial charge in [-0.25, -0.2) is 0 Å². The number of nitrogens with one attached hydrogen (secondary N) is 1. The molecule has 3 atom stereocenters. The molecule has 146 valence electrons. The second-order valence-corrected chi connectivity index (χ2v) is 11.5. The first-order valence-corrected chi connectivity index (χ1v) is 12.6. The second-order valence-electron chi connectivity index (χ2n) is 7.38. The number of unbranched alkanes of at least 4 members (excludes halogenated alkanes) is 3. The van der Waals surface area contributed by atoms with Crippen molar-refractivity contribution in [2.24, 2.45) is 5.92 Å². The molecule has 1 saturated heterocycles. The van der Waals surface area contributed by atoms with Crippen LogP contribution in [0, 0.1) is 5.92 Å². The van der Waals surface area contributed by atoms with Gasteiger partial charge in [0.25, 0.3) is 0 Å². The van der Waals surface area contributed by atoms with Gasteiger partial charge >= 0.3 is 5.97 Å². The summed E-state index contributed by atoms with van der Waals surface area (Å²) in [5, 5.41) is 2.67. The van der Waals surface area contributed by atoms with Crippen molar-refractivity contribution in [2.75, 3.05) is 0 Å². The number of hydrogen-bond acceptors (Lipinski definition) is 4. The Bertz CT molecular complexity index is 408. The summed E-state index contributed by atoms with van der Waals surface area (Å²) >= 11 is 0. The number of amides is 1. The van der Waals surface area contributed by atoms with Crippen LogP contribution >= 0.6 is 0 Å². The minimum atomic E-state index is -1.89. The maximum atomic E-state index is 12.0. The predicted molar refractivity (Wildman–Crippen MR) is 103 cm³/mol. The van der Waals surface area contributed by atoms with Crippen molar-refractivity contribution in [3.8, 4) is 0 Å². The summed E-state index contributed by atoms with van der Waals surface area (Å²) < 4.78 is 11.9. The first-order valence-electron chi connectivity index (χ1n) is 10.0. The third kappa shape index (κ3) is 6.74. The van der Waals surface area contributed by atoms with E-state index in [0.29, 0.717) is 0 Å². The molecule has 0 bridgehead atoms. The van der Waals surface area contributed by atoms with Crippen molar-refractivity contribution in [1.82, 2.24) is 5.32 Å². The van der Waals surface area contributed by atoms with Crippen LogP contribution in [0.5, 0.6) is 0 Å². The lowest BCUT2D eigenvalue weighted by Crippen LogP contribution is -2.64. The van der Waals surface area contributed by atoms with Gasteiger partial charge in [0.15, 0.2) is 14.5 Å². The largest absolute Gasteiger partial charge is 0.441 e. The monoisotopic (exact) mass is 371 g/mol. The number of rotatable bonds is 13. The zero-order chi connectivity index (χ0) is 18.9. The topological polar surface area (TPSA) is 64.6 Å². The van der Waals surface area contributed by atoms with Crippen LogP contribution in [0.4, 0.5) is 0 Å². The van der Waals surface area contributed by atoms with Crippen molar-refractivity contribution in [3.05, 3.63) is 0 Å². The van der Waals surface area contributed by atoms with Gasteiger partial charge in [0.2, 0.25) is 5.91 Å². The van der Waals surface area contributed by atoms with E-state index in [0.717, 1.165) is 0 Å². The molecule has 0 spiro atoms. The molecule has 0 aliphatic carbocycles. The van der Waals surface area contributed by atoms with Gasteiger partial charge in [-0.1, -0.05) is 59.3 Å². The molecule has 25 heavy (non-hydrogen) atoms. The summed E-state index contributed by atoms with van der Waals surface area (Å²) in [7, 11) is -1.89. The summed E-state index contributed by atoms with van der Waals surface area (Å²) in [6.45, 7) is 10.0. The Morgan fingerprint density at radius 3 is 1.92 bits per heavy atom. The maximum Gasteiger partial charge on any atom is 0.304 e. The molecule has 0 radical (unpaired) electrons. The van der Waals surface area contributed by atoms with Gasteiger partial charge in [-0.15, -0.1) is 0 Å². The molecule has 0 aromatic carbocycles. The molecule has 1 amide bonds. The first kappa shape index (κ1) is 22.2. The summed E-state index contributed by atoms with van der Waals surface area (Å²) in [4.78, 5) is 23.3. The van der Waals surface area contributed by atoms with Crippen molar-refractivity contribution < 1.29 is 18.8 Å². The standard InChI is InChI=1S/C19H37NO4Si/c1-6-9-12-25(13-10-7-2,14-11-8-3)24-15(4)17-18(22)20-19(17)23-16(5)21/h15,17,19H,6-14H2,1-5H3,(H,20,22)/t15?,17-,19+/m0/s1. The van der Waals surface area contributed by atoms with E-state index in [1.54, 1.807) is 0 Å². The fourth-order valence-corrected chi connectivity index (χ4v) is 8.66. The normalized spacial score (nSPS) is 21.4. The predicted octanol–water partition coefficient (Wildman–Crippen LogP) is 4.37. The van der Waals surface area contributed by atoms with E-state index in [4.69, 9.17) is 9.16 Å². The summed E-state index contributed by atoms with van der Waals surface area (Å²) in [6.07, 6.45) is 6.36. The first-order chi connectivity index (χ1) is 11.9. The number of hydrogen-bond donors (Lipinski definition) is 1. The summed E-state index contributed by atoms with van der Waals surface area (Å²) in [6, 6.07) is 3.50. The summed E-state index contributed by atoms with van der Waals surface area (Å²) in [5.41, 5.74) is 0. The van der Waals surface area contributed by atoms with Crippen LogP contribution in [0.25, 0.3) is 0 Å². The molecule has 0 aromatic heterocycles. The van der Waals surface area contributed by atoms with E-state index < -0.39 is 14.5 Å². The molecule has 0 aromatic rings. The van der Waals surface area contributed by atoms with Crippen LogP contribution in [0.2, 0.25) is 18.1 Å². The molecule has 1 aliphatic rings. The SMILES string of the molecule is CCCC[Si](CCCC)(CCCC)OC(C)[C@H]1C(=O)N[C@@H]1OC(C)=O. The molecule has 1 unspecified atom stereocenters. The molecule has 1 rings (SSSR count). The van der Waals surface area contributed by atoms with Crippen molar-refractivity contribution in [2.45, 2.75) is 104 Å². The number of carbonyl (C=O) groups excluding carboxylic acids is 2. The number of ether oxygens (including phenoxy) is 1. The zero-order valence-electron chi connectivity index (χ0n) is 16.7. The molecule has 1 heterocycles. The average molecular weight is 372 g/mol. The molecular weight excluding hydrogens is 334 g/mol. The van der Waals surface area contributed by atoms with E-state index in [1.165, 1.54) is 63.6 Å². The molecule has 1 fully saturated rings. The number of carbonyl (C=O) groups is 2. The van der Waals surface area contributed by atoms with Crippen LogP contribution in [0.15, 0.2) is 0 Å². The fourth-order valence-electron chi connectivity index (χ4n) is 3.62. The third-order valence-corrected chi connectivity index (χ3v) is 9.77. The maximum absolute atomic E-state index is 12.0. The third-order valence-electron chi connectivity index (χ3n) is 5.11. The fraction of sp³-hybridized carbons (Fsp3) is 0.895. The second kappa shape index (κ2) is 11.0. The van der Waals surface area contributed by atoms with Crippen molar-refractivity contribution in [3.63, 3.8) is 0 Å². The Kier molecular flexibility index (Phi) is 9.72. The number of esters is 1. The molecule has 6 heteroatoms. The minimum Gasteiger partial charge on any atom is -0.441 e. The van der Waals surface area contributed by atoms with Crippen molar-refractivity contribution >= 4 is 20.2 Å². The van der Waals surface area contributed by atoms with Gasteiger partial charge < -0.3 is 14.5 Å². The van der Waals surface area contributed by atoms with Crippen molar-refractivity contribution in [1.29, 1.82) is 0 Å². The van der Waals surface area contributed by atoms with E-state index in [2.05, 4.69) is 26.1 Å². The Morgan fingerprint density at radius 2 is 1.56 bits per heavy atom.